The molecule has 5 heteroatoms. The zero-order chi connectivity index (χ0) is 13.1. The molecule has 0 spiro atoms. The first-order chi connectivity index (χ1) is 8.56. The summed E-state index contributed by atoms with van der Waals surface area (Å²) in [7, 11) is 3.88. The molecule has 1 heterocycles. The molecule has 0 aliphatic heterocycles. The minimum atomic E-state index is 0.208. The Kier molecular flexibility index (Phi) is 3.32. The van der Waals surface area contributed by atoms with E-state index in [4.69, 9.17) is 0 Å². The van der Waals surface area contributed by atoms with Gasteiger partial charge in [-0.2, -0.15) is 4.98 Å². The maximum atomic E-state index is 9.39. The number of hydrogen-bond acceptors (Lipinski definition) is 5. The van der Waals surface area contributed by atoms with Crippen LogP contribution in [0, 0.1) is 6.92 Å². The first-order valence-electron chi connectivity index (χ1n) is 5.63. The Labute approximate surface area is 106 Å². The number of rotatable bonds is 3. The monoisotopic (exact) mass is 244 g/mol. The van der Waals surface area contributed by atoms with Gasteiger partial charge in [0.25, 0.3) is 0 Å². The number of aromatic nitrogens is 2. The van der Waals surface area contributed by atoms with Crippen LogP contribution in [0.2, 0.25) is 0 Å². The highest BCUT2D eigenvalue weighted by atomic mass is 16.3. The van der Waals surface area contributed by atoms with Crippen molar-refractivity contribution in [3.05, 3.63) is 36.0 Å². The second-order valence-electron chi connectivity index (χ2n) is 4.27. The van der Waals surface area contributed by atoms with Crippen molar-refractivity contribution in [1.29, 1.82) is 0 Å². The lowest BCUT2D eigenvalue weighted by atomic mass is 10.3. The summed E-state index contributed by atoms with van der Waals surface area (Å²) in [6.07, 6.45) is 1.77. The summed E-state index contributed by atoms with van der Waals surface area (Å²) in [5, 5.41) is 12.4. The number of aromatic hydroxyl groups is 1. The number of hydrogen-bond donors (Lipinski definition) is 2. The van der Waals surface area contributed by atoms with Gasteiger partial charge in [-0.15, -0.1) is 0 Å². The minimum absolute atomic E-state index is 0.208. The van der Waals surface area contributed by atoms with Gasteiger partial charge < -0.3 is 15.3 Å². The molecule has 2 N–H and O–H groups in total. The first-order valence-corrected chi connectivity index (χ1v) is 5.63. The molecule has 2 aromatic rings. The van der Waals surface area contributed by atoms with Crippen LogP contribution < -0.4 is 10.2 Å². The van der Waals surface area contributed by atoms with E-state index < -0.39 is 0 Å². The van der Waals surface area contributed by atoms with E-state index in [1.807, 2.05) is 32.0 Å². The van der Waals surface area contributed by atoms with Crippen LogP contribution in [-0.4, -0.2) is 29.2 Å². The van der Waals surface area contributed by atoms with Crippen LogP contribution in [0.25, 0.3) is 0 Å². The average Bonchev–Trinajstić information content (AvgIpc) is 2.31. The van der Waals surface area contributed by atoms with Crippen LogP contribution in [0.1, 0.15) is 5.56 Å². The molecular weight excluding hydrogens is 228 g/mol. The Morgan fingerprint density at radius 1 is 1.28 bits per heavy atom. The van der Waals surface area contributed by atoms with Crippen LogP contribution in [0.3, 0.4) is 0 Å². The summed E-state index contributed by atoms with van der Waals surface area (Å²) in [6, 6.07) is 6.85. The van der Waals surface area contributed by atoms with E-state index in [0.29, 0.717) is 5.95 Å². The standard InChI is InChI=1S/C13H16N4O/c1-9-8-14-13(16-12(9)17(2)3)15-10-5-4-6-11(18)7-10/h4-8,18H,1-3H3,(H,14,15,16). The van der Waals surface area contributed by atoms with E-state index >= 15 is 0 Å². The van der Waals surface area contributed by atoms with Crippen LogP contribution in [-0.2, 0) is 0 Å². The molecule has 1 aromatic carbocycles. The Hall–Kier alpha value is -2.30. The van der Waals surface area contributed by atoms with Crippen LogP contribution in [0.4, 0.5) is 17.5 Å². The van der Waals surface area contributed by atoms with Crippen molar-refractivity contribution >= 4 is 17.5 Å². The lowest BCUT2D eigenvalue weighted by Gasteiger charge is -2.15. The zero-order valence-corrected chi connectivity index (χ0v) is 10.7. The fourth-order valence-electron chi connectivity index (χ4n) is 1.66. The molecule has 0 saturated carbocycles. The second-order valence-corrected chi connectivity index (χ2v) is 4.27. The largest absolute Gasteiger partial charge is 0.508 e. The smallest absolute Gasteiger partial charge is 0.229 e. The van der Waals surface area contributed by atoms with Crippen molar-refractivity contribution in [2.45, 2.75) is 6.92 Å². The van der Waals surface area contributed by atoms with Gasteiger partial charge in [-0.05, 0) is 19.1 Å². The van der Waals surface area contributed by atoms with Gasteiger partial charge in [0.15, 0.2) is 0 Å². The summed E-state index contributed by atoms with van der Waals surface area (Å²) in [5.41, 5.74) is 1.77. The van der Waals surface area contributed by atoms with E-state index in [-0.39, 0.29) is 5.75 Å². The van der Waals surface area contributed by atoms with Gasteiger partial charge in [0, 0.05) is 37.6 Å². The predicted molar refractivity (Wildman–Crippen MR) is 72.5 cm³/mol. The number of phenols is 1. The SMILES string of the molecule is Cc1cnc(Nc2cccc(O)c2)nc1N(C)C. The molecule has 0 fully saturated rings. The summed E-state index contributed by atoms with van der Waals surface area (Å²) in [6.45, 7) is 1.97. The zero-order valence-electron chi connectivity index (χ0n) is 10.7. The molecule has 0 radical (unpaired) electrons. The van der Waals surface area contributed by atoms with Crippen molar-refractivity contribution in [1.82, 2.24) is 9.97 Å². The molecule has 2 rings (SSSR count). The third-order valence-corrected chi connectivity index (χ3v) is 2.47. The molecule has 5 nitrogen and oxygen atoms in total. The molecule has 0 unspecified atom stereocenters. The second kappa shape index (κ2) is 4.91. The van der Waals surface area contributed by atoms with Crippen molar-refractivity contribution in [3.63, 3.8) is 0 Å². The number of anilines is 3. The molecule has 94 valence electrons. The number of nitrogens with one attached hydrogen (secondary N) is 1. The van der Waals surface area contributed by atoms with E-state index in [1.165, 1.54) is 0 Å². The van der Waals surface area contributed by atoms with Crippen molar-refractivity contribution < 1.29 is 5.11 Å². The van der Waals surface area contributed by atoms with Gasteiger partial charge in [-0.25, -0.2) is 4.98 Å². The number of aryl methyl sites for hydroxylation is 1. The minimum Gasteiger partial charge on any atom is -0.508 e. The Bertz CT molecular complexity index is 554. The Morgan fingerprint density at radius 3 is 2.72 bits per heavy atom. The van der Waals surface area contributed by atoms with E-state index in [2.05, 4.69) is 15.3 Å². The molecule has 0 aliphatic carbocycles. The highest BCUT2D eigenvalue weighted by Crippen LogP contribution is 2.20. The quantitative estimate of drug-likeness (QED) is 0.867. The third kappa shape index (κ3) is 2.68. The number of phenolic OH excluding ortho intramolecular Hbond substituents is 1. The van der Waals surface area contributed by atoms with Gasteiger partial charge in [-0.1, -0.05) is 6.07 Å². The predicted octanol–water partition coefficient (Wildman–Crippen LogP) is 2.30. The fourth-order valence-corrected chi connectivity index (χ4v) is 1.66. The molecule has 0 amide bonds. The van der Waals surface area contributed by atoms with Crippen LogP contribution in [0.15, 0.2) is 30.5 Å². The Balaban J connectivity index is 2.27. The molecular formula is C13H16N4O. The van der Waals surface area contributed by atoms with E-state index in [9.17, 15) is 5.11 Å². The topological polar surface area (TPSA) is 61.3 Å². The molecule has 18 heavy (non-hydrogen) atoms. The maximum Gasteiger partial charge on any atom is 0.229 e. The molecule has 1 aromatic heterocycles. The lowest BCUT2D eigenvalue weighted by molar-refractivity contribution is 0.475. The van der Waals surface area contributed by atoms with Gasteiger partial charge in [0.05, 0.1) is 0 Å². The highest BCUT2D eigenvalue weighted by Gasteiger charge is 2.06. The van der Waals surface area contributed by atoms with Gasteiger partial charge in [-0.3, -0.25) is 0 Å². The van der Waals surface area contributed by atoms with Gasteiger partial charge in [0.1, 0.15) is 11.6 Å². The molecule has 0 bridgehead atoms. The van der Waals surface area contributed by atoms with E-state index in [1.54, 1.807) is 24.4 Å². The summed E-state index contributed by atoms with van der Waals surface area (Å²) >= 11 is 0. The molecule has 0 saturated heterocycles. The molecule has 0 aliphatic rings. The number of benzene rings is 1. The molecule has 0 atom stereocenters. The van der Waals surface area contributed by atoms with Crippen LogP contribution in [0.5, 0.6) is 5.75 Å². The highest BCUT2D eigenvalue weighted by molar-refractivity contribution is 5.57. The summed E-state index contributed by atoms with van der Waals surface area (Å²) in [4.78, 5) is 10.6. The lowest BCUT2D eigenvalue weighted by Crippen LogP contribution is -2.13. The number of nitrogens with zero attached hydrogens (tertiary/aromatic N) is 3. The summed E-state index contributed by atoms with van der Waals surface area (Å²) in [5.74, 6) is 1.59. The fraction of sp³-hybridized carbons (Fsp3) is 0.231. The maximum absolute atomic E-state index is 9.39. The van der Waals surface area contributed by atoms with Gasteiger partial charge >= 0.3 is 0 Å². The van der Waals surface area contributed by atoms with Crippen molar-refractivity contribution in [3.8, 4) is 5.75 Å². The average molecular weight is 244 g/mol. The van der Waals surface area contributed by atoms with Crippen molar-refractivity contribution in [2.75, 3.05) is 24.3 Å². The Morgan fingerprint density at radius 2 is 2.06 bits per heavy atom. The van der Waals surface area contributed by atoms with E-state index in [0.717, 1.165) is 17.1 Å². The normalized spacial score (nSPS) is 10.2. The van der Waals surface area contributed by atoms with Crippen molar-refractivity contribution in [2.24, 2.45) is 0 Å². The van der Waals surface area contributed by atoms with Crippen LogP contribution >= 0.6 is 0 Å². The summed E-state index contributed by atoms with van der Waals surface area (Å²) < 4.78 is 0. The third-order valence-electron chi connectivity index (χ3n) is 2.47. The van der Waals surface area contributed by atoms with Gasteiger partial charge in [0.2, 0.25) is 5.95 Å². The first kappa shape index (κ1) is 12.2.